The summed E-state index contributed by atoms with van der Waals surface area (Å²) >= 11 is 1.29. The smallest absolute Gasteiger partial charge is 0.252 e. The van der Waals surface area contributed by atoms with Crippen molar-refractivity contribution in [2.24, 2.45) is 0 Å². The molecule has 0 aromatic carbocycles. The summed E-state index contributed by atoms with van der Waals surface area (Å²) in [5.74, 6) is 0. The van der Waals surface area contributed by atoms with Crippen LogP contribution >= 0.6 is 11.3 Å². The molecule has 2 rings (SSSR count). The molecule has 0 bridgehead atoms. The van der Waals surface area contributed by atoms with Crippen molar-refractivity contribution in [2.45, 2.75) is 43.0 Å². The van der Waals surface area contributed by atoms with Crippen LogP contribution in [0, 0.1) is 0 Å². The SMILES string of the molecule is CC(C)NC1CCCN(S(=O)(=O)c2cccs2)C1. The molecule has 1 fully saturated rings. The van der Waals surface area contributed by atoms with Crippen molar-refractivity contribution in [3.8, 4) is 0 Å². The van der Waals surface area contributed by atoms with Gasteiger partial charge < -0.3 is 5.32 Å². The van der Waals surface area contributed by atoms with Gasteiger partial charge in [-0.1, -0.05) is 19.9 Å². The molecule has 6 heteroatoms. The average molecular weight is 288 g/mol. The van der Waals surface area contributed by atoms with Crippen molar-refractivity contribution in [3.05, 3.63) is 17.5 Å². The van der Waals surface area contributed by atoms with E-state index in [0.717, 1.165) is 12.8 Å². The molecule has 0 spiro atoms. The minimum atomic E-state index is -3.28. The minimum Gasteiger partial charge on any atom is -0.310 e. The summed E-state index contributed by atoms with van der Waals surface area (Å²) < 4.78 is 26.8. The van der Waals surface area contributed by atoms with Gasteiger partial charge in [-0.25, -0.2) is 8.42 Å². The van der Waals surface area contributed by atoms with Gasteiger partial charge in [0.05, 0.1) is 0 Å². The van der Waals surface area contributed by atoms with Crippen LogP contribution in [0.5, 0.6) is 0 Å². The molecular formula is C12H20N2O2S2. The van der Waals surface area contributed by atoms with E-state index < -0.39 is 10.0 Å². The predicted molar refractivity (Wildman–Crippen MR) is 74.4 cm³/mol. The number of thiophene rings is 1. The second-order valence-corrected chi connectivity index (χ2v) is 8.07. The molecule has 1 N–H and O–H groups in total. The first-order valence-electron chi connectivity index (χ1n) is 6.30. The lowest BCUT2D eigenvalue weighted by atomic mass is 10.1. The Morgan fingerprint density at radius 2 is 2.28 bits per heavy atom. The summed E-state index contributed by atoms with van der Waals surface area (Å²) in [6.45, 7) is 5.40. The van der Waals surface area contributed by atoms with Gasteiger partial charge in [-0.3, -0.25) is 0 Å². The van der Waals surface area contributed by atoms with E-state index in [-0.39, 0.29) is 6.04 Å². The van der Waals surface area contributed by atoms with Crippen molar-refractivity contribution in [1.82, 2.24) is 9.62 Å². The number of rotatable bonds is 4. The Balaban J connectivity index is 2.09. The van der Waals surface area contributed by atoms with E-state index in [1.807, 2.05) is 0 Å². The summed E-state index contributed by atoms with van der Waals surface area (Å²) in [7, 11) is -3.28. The van der Waals surface area contributed by atoms with Gasteiger partial charge in [0, 0.05) is 25.2 Å². The third kappa shape index (κ3) is 3.12. The standard InChI is InChI=1S/C12H20N2O2S2/c1-10(2)13-11-5-3-7-14(9-11)18(15,16)12-6-4-8-17-12/h4,6,8,10-11,13H,3,5,7,9H2,1-2H3. The Labute approximate surface area is 113 Å². The molecule has 1 unspecified atom stereocenters. The summed E-state index contributed by atoms with van der Waals surface area (Å²) in [4.78, 5) is 0. The monoisotopic (exact) mass is 288 g/mol. The van der Waals surface area contributed by atoms with Gasteiger partial charge in [-0.15, -0.1) is 11.3 Å². The highest BCUT2D eigenvalue weighted by atomic mass is 32.2. The summed E-state index contributed by atoms with van der Waals surface area (Å²) in [5, 5.41) is 5.23. The van der Waals surface area contributed by atoms with Gasteiger partial charge in [-0.2, -0.15) is 4.31 Å². The molecule has 0 amide bonds. The Bertz CT molecular complexity index is 468. The number of hydrogen-bond donors (Lipinski definition) is 1. The minimum absolute atomic E-state index is 0.272. The quantitative estimate of drug-likeness (QED) is 0.920. The van der Waals surface area contributed by atoms with Gasteiger partial charge in [0.25, 0.3) is 10.0 Å². The zero-order chi connectivity index (χ0) is 13.2. The van der Waals surface area contributed by atoms with Crippen molar-refractivity contribution in [1.29, 1.82) is 0 Å². The molecule has 1 atom stereocenters. The molecule has 18 heavy (non-hydrogen) atoms. The lowest BCUT2D eigenvalue weighted by Gasteiger charge is -2.33. The number of nitrogens with zero attached hydrogens (tertiary/aromatic N) is 1. The van der Waals surface area contributed by atoms with E-state index in [1.54, 1.807) is 21.8 Å². The highest BCUT2D eigenvalue weighted by Gasteiger charge is 2.30. The lowest BCUT2D eigenvalue weighted by molar-refractivity contribution is 0.273. The zero-order valence-electron chi connectivity index (χ0n) is 10.8. The predicted octanol–water partition coefficient (Wildman–Crippen LogP) is 1.90. The van der Waals surface area contributed by atoms with Gasteiger partial charge in [-0.05, 0) is 24.3 Å². The highest BCUT2D eigenvalue weighted by molar-refractivity contribution is 7.91. The molecular weight excluding hydrogens is 268 g/mol. The molecule has 1 aliphatic rings. The fourth-order valence-electron chi connectivity index (χ4n) is 2.31. The first-order valence-corrected chi connectivity index (χ1v) is 8.62. The Morgan fingerprint density at radius 1 is 1.50 bits per heavy atom. The van der Waals surface area contributed by atoms with E-state index in [4.69, 9.17) is 0 Å². The van der Waals surface area contributed by atoms with E-state index >= 15 is 0 Å². The summed E-state index contributed by atoms with van der Waals surface area (Å²) in [5.41, 5.74) is 0. The maximum absolute atomic E-state index is 12.4. The van der Waals surface area contributed by atoms with Gasteiger partial charge >= 0.3 is 0 Å². The number of piperidine rings is 1. The van der Waals surface area contributed by atoms with Crippen LogP contribution in [-0.2, 0) is 10.0 Å². The first-order chi connectivity index (χ1) is 8.50. The van der Waals surface area contributed by atoms with Crippen LogP contribution < -0.4 is 5.32 Å². The van der Waals surface area contributed by atoms with E-state index in [9.17, 15) is 8.42 Å². The van der Waals surface area contributed by atoms with Gasteiger partial charge in [0.15, 0.2) is 0 Å². The number of hydrogen-bond acceptors (Lipinski definition) is 4. The average Bonchev–Trinajstić information content (AvgIpc) is 2.82. The number of sulfonamides is 1. The van der Waals surface area contributed by atoms with Crippen molar-refractivity contribution in [3.63, 3.8) is 0 Å². The maximum atomic E-state index is 12.4. The van der Waals surface area contributed by atoms with Gasteiger partial charge in [0.2, 0.25) is 0 Å². The molecule has 2 heterocycles. The second-order valence-electron chi connectivity index (χ2n) is 4.96. The van der Waals surface area contributed by atoms with Crippen molar-refractivity contribution >= 4 is 21.4 Å². The topological polar surface area (TPSA) is 49.4 Å². The fourth-order valence-corrected chi connectivity index (χ4v) is 4.97. The molecule has 102 valence electrons. The molecule has 0 aliphatic carbocycles. The van der Waals surface area contributed by atoms with Crippen LogP contribution in [0.4, 0.5) is 0 Å². The Morgan fingerprint density at radius 3 is 2.89 bits per heavy atom. The molecule has 0 saturated carbocycles. The van der Waals surface area contributed by atoms with Crippen LogP contribution in [0.1, 0.15) is 26.7 Å². The normalized spacial score (nSPS) is 22.5. The van der Waals surface area contributed by atoms with Crippen LogP contribution in [0.25, 0.3) is 0 Å². The Hall–Kier alpha value is -0.430. The van der Waals surface area contributed by atoms with Crippen LogP contribution in [-0.4, -0.2) is 37.9 Å². The molecule has 4 nitrogen and oxygen atoms in total. The summed E-state index contributed by atoms with van der Waals surface area (Å²) in [6, 6.07) is 4.12. The van der Waals surface area contributed by atoms with Crippen molar-refractivity contribution < 1.29 is 8.42 Å². The van der Waals surface area contributed by atoms with Crippen LogP contribution in [0.3, 0.4) is 0 Å². The molecule has 1 aromatic rings. The van der Waals surface area contributed by atoms with E-state index in [1.165, 1.54) is 11.3 Å². The fraction of sp³-hybridized carbons (Fsp3) is 0.667. The first kappa shape index (κ1) is 14.0. The summed E-state index contributed by atoms with van der Waals surface area (Å²) in [6.07, 6.45) is 1.98. The van der Waals surface area contributed by atoms with E-state index in [2.05, 4.69) is 19.2 Å². The molecule has 1 aliphatic heterocycles. The lowest BCUT2D eigenvalue weighted by Crippen LogP contribution is -2.49. The Kier molecular flexibility index (Phi) is 4.42. The second kappa shape index (κ2) is 5.69. The van der Waals surface area contributed by atoms with Crippen LogP contribution in [0.2, 0.25) is 0 Å². The largest absolute Gasteiger partial charge is 0.310 e. The highest BCUT2D eigenvalue weighted by Crippen LogP contribution is 2.24. The van der Waals surface area contributed by atoms with E-state index in [0.29, 0.717) is 23.3 Å². The van der Waals surface area contributed by atoms with Crippen molar-refractivity contribution in [2.75, 3.05) is 13.1 Å². The molecule has 1 saturated heterocycles. The molecule has 0 radical (unpaired) electrons. The maximum Gasteiger partial charge on any atom is 0.252 e. The molecule has 1 aromatic heterocycles. The van der Waals surface area contributed by atoms with Crippen LogP contribution in [0.15, 0.2) is 21.7 Å². The third-order valence-electron chi connectivity index (χ3n) is 3.04. The number of nitrogens with one attached hydrogen (secondary N) is 1. The van der Waals surface area contributed by atoms with Gasteiger partial charge in [0.1, 0.15) is 4.21 Å². The zero-order valence-corrected chi connectivity index (χ0v) is 12.4. The third-order valence-corrected chi connectivity index (χ3v) is 6.28.